The molecule has 1 aromatic rings. The molecule has 0 spiro atoms. The lowest BCUT2D eigenvalue weighted by Gasteiger charge is -2.21. The fraction of sp³-hybridized carbons (Fsp3) is 0.600. The van der Waals surface area contributed by atoms with E-state index in [1.165, 1.54) is 12.8 Å². The number of rotatable bonds is 3. The molecule has 2 rings (SSSR count). The maximum atomic E-state index is 5.65. The van der Waals surface area contributed by atoms with Crippen molar-refractivity contribution in [3.05, 3.63) is 17.3 Å². The van der Waals surface area contributed by atoms with Crippen LogP contribution in [0.5, 0.6) is 0 Å². The van der Waals surface area contributed by atoms with E-state index in [0.29, 0.717) is 11.3 Å². The fourth-order valence-electron chi connectivity index (χ4n) is 1.50. The van der Waals surface area contributed by atoms with Crippen molar-refractivity contribution in [1.82, 2.24) is 10.2 Å². The van der Waals surface area contributed by atoms with Crippen molar-refractivity contribution in [3.8, 4) is 0 Å². The van der Waals surface area contributed by atoms with Crippen LogP contribution in [0.2, 0.25) is 5.15 Å². The van der Waals surface area contributed by atoms with Crippen LogP contribution >= 0.6 is 23.4 Å². The molecule has 1 atom stereocenters. The van der Waals surface area contributed by atoms with Crippen LogP contribution in [0.15, 0.2) is 17.2 Å². The maximum Gasteiger partial charge on any atom is 0.151 e. The zero-order valence-electron chi connectivity index (χ0n) is 8.36. The van der Waals surface area contributed by atoms with Crippen molar-refractivity contribution in [1.29, 1.82) is 0 Å². The second kappa shape index (κ2) is 5.68. The highest BCUT2D eigenvalue weighted by Crippen LogP contribution is 2.22. The van der Waals surface area contributed by atoms with Gasteiger partial charge < -0.3 is 4.74 Å². The first-order valence-electron chi connectivity index (χ1n) is 5.08. The summed E-state index contributed by atoms with van der Waals surface area (Å²) in [5.74, 6) is 0.955. The minimum absolute atomic E-state index is 0.376. The topological polar surface area (TPSA) is 35.0 Å². The van der Waals surface area contributed by atoms with Crippen molar-refractivity contribution in [2.24, 2.45) is 0 Å². The van der Waals surface area contributed by atoms with E-state index in [1.807, 2.05) is 6.07 Å². The van der Waals surface area contributed by atoms with Gasteiger partial charge >= 0.3 is 0 Å². The number of hydrogen-bond donors (Lipinski definition) is 0. The van der Waals surface area contributed by atoms with Crippen molar-refractivity contribution in [3.63, 3.8) is 0 Å². The minimum Gasteiger partial charge on any atom is -0.377 e. The molecule has 0 N–H and O–H groups in total. The Bertz CT molecular complexity index is 301. The molecule has 2 heterocycles. The molecule has 0 radical (unpaired) electrons. The molecule has 0 bridgehead atoms. The number of halogens is 1. The Balaban J connectivity index is 1.79. The van der Waals surface area contributed by atoms with Gasteiger partial charge in [-0.05, 0) is 31.4 Å². The number of hydrogen-bond acceptors (Lipinski definition) is 4. The summed E-state index contributed by atoms with van der Waals surface area (Å²) in [6.45, 7) is 0.900. The van der Waals surface area contributed by atoms with Crippen molar-refractivity contribution in [2.45, 2.75) is 30.4 Å². The molecule has 5 heteroatoms. The van der Waals surface area contributed by atoms with Gasteiger partial charge in [0.25, 0.3) is 0 Å². The molecule has 82 valence electrons. The molecule has 0 unspecified atom stereocenters. The van der Waals surface area contributed by atoms with Gasteiger partial charge in [-0.2, -0.15) is 0 Å². The molecule has 0 aromatic carbocycles. The Morgan fingerprint density at radius 3 is 3.00 bits per heavy atom. The Morgan fingerprint density at radius 1 is 1.40 bits per heavy atom. The SMILES string of the molecule is Clc1ccc(SC[C@@H]2CCCCO2)nn1. The molecule has 1 aliphatic heterocycles. The minimum atomic E-state index is 0.376. The smallest absolute Gasteiger partial charge is 0.151 e. The van der Waals surface area contributed by atoms with Crippen LogP contribution in [-0.4, -0.2) is 28.7 Å². The van der Waals surface area contributed by atoms with Gasteiger partial charge in [0.2, 0.25) is 0 Å². The van der Waals surface area contributed by atoms with Crippen molar-refractivity contribution >= 4 is 23.4 Å². The summed E-state index contributed by atoms with van der Waals surface area (Å²) in [5.41, 5.74) is 0. The predicted molar refractivity (Wildman–Crippen MR) is 61.4 cm³/mol. The highest BCUT2D eigenvalue weighted by molar-refractivity contribution is 7.99. The molecule has 0 amide bonds. The largest absolute Gasteiger partial charge is 0.377 e. The van der Waals surface area contributed by atoms with Crippen molar-refractivity contribution < 1.29 is 4.74 Å². The molecule has 0 saturated carbocycles. The summed E-state index contributed by atoms with van der Waals surface area (Å²) in [6.07, 6.45) is 4.01. The van der Waals surface area contributed by atoms with E-state index in [0.717, 1.165) is 23.8 Å². The average molecular weight is 245 g/mol. The predicted octanol–water partition coefficient (Wildman–Crippen LogP) is 2.79. The quantitative estimate of drug-likeness (QED) is 0.766. The zero-order chi connectivity index (χ0) is 10.5. The fourth-order valence-corrected chi connectivity index (χ4v) is 2.48. The first-order chi connectivity index (χ1) is 7.34. The Labute approximate surface area is 98.6 Å². The van der Waals surface area contributed by atoms with Crippen LogP contribution in [0, 0.1) is 0 Å². The summed E-state index contributed by atoms with van der Waals surface area (Å²) in [4.78, 5) is 0. The molecule has 15 heavy (non-hydrogen) atoms. The van der Waals surface area contributed by atoms with E-state index in [4.69, 9.17) is 16.3 Å². The van der Waals surface area contributed by atoms with Gasteiger partial charge in [0.15, 0.2) is 5.15 Å². The van der Waals surface area contributed by atoms with Crippen LogP contribution in [0.1, 0.15) is 19.3 Å². The van der Waals surface area contributed by atoms with E-state index < -0.39 is 0 Å². The third-order valence-electron chi connectivity index (χ3n) is 2.30. The molecule has 1 aliphatic rings. The van der Waals surface area contributed by atoms with Gasteiger partial charge in [-0.3, -0.25) is 0 Å². The molecule has 0 aliphatic carbocycles. The molecule has 1 aromatic heterocycles. The standard InChI is InChI=1S/C10H13ClN2OS/c11-9-4-5-10(13-12-9)15-7-8-3-1-2-6-14-8/h4-5,8H,1-3,6-7H2/t8-/m0/s1. The van der Waals surface area contributed by atoms with E-state index in [9.17, 15) is 0 Å². The summed E-state index contributed by atoms with van der Waals surface area (Å²) in [7, 11) is 0. The molecular weight excluding hydrogens is 232 g/mol. The van der Waals surface area contributed by atoms with Crippen LogP contribution in [-0.2, 0) is 4.74 Å². The first-order valence-corrected chi connectivity index (χ1v) is 6.44. The normalized spacial score (nSPS) is 21.5. The summed E-state index contributed by atoms with van der Waals surface area (Å²) in [6, 6.07) is 3.65. The summed E-state index contributed by atoms with van der Waals surface area (Å²) >= 11 is 7.33. The van der Waals surface area contributed by atoms with Gasteiger partial charge in [-0.15, -0.1) is 22.0 Å². The molecule has 1 fully saturated rings. The van der Waals surface area contributed by atoms with E-state index >= 15 is 0 Å². The average Bonchev–Trinajstić information content (AvgIpc) is 2.30. The van der Waals surface area contributed by atoms with Gasteiger partial charge in [-0.25, -0.2) is 0 Å². The third-order valence-corrected chi connectivity index (χ3v) is 3.55. The van der Waals surface area contributed by atoms with Crippen LogP contribution in [0.4, 0.5) is 0 Å². The lowest BCUT2D eigenvalue weighted by Crippen LogP contribution is -2.21. The highest BCUT2D eigenvalue weighted by Gasteiger charge is 2.14. The molecular formula is C10H13ClN2OS. The van der Waals surface area contributed by atoms with E-state index in [1.54, 1.807) is 17.8 Å². The van der Waals surface area contributed by atoms with E-state index in [2.05, 4.69) is 10.2 Å². The summed E-state index contributed by atoms with van der Waals surface area (Å²) < 4.78 is 5.63. The van der Waals surface area contributed by atoms with Gasteiger partial charge in [0.05, 0.1) is 6.10 Å². The number of aromatic nitrogens is 2. The van der Waals surface area contributed by atoms with Crippen molar-refractivity contribution in [2.75, 3.05) is 12.4 Å². The second-order valence-corrected chi connectivity index (χ2v) is 4.92. The maximum absolute atomic E-state index is 5.65. The Kier molecular flexibility index (Phi) is 4.23. The third kappa shape index (κ3) is 3.63. The monoisotopic (exact) mass is 244 g/mol. The Morgan fingerprint density at radius 2 is 2.33 bits per heavy atom. The molecule has 3 nitrogen and oxygen atoms in total. The van der Waals surface area contributed by atoms with Crippen LogP contribution < -0.4 is 0 Å². The van der Waals surface area contributed by atoms with E-state index in [-0.39, 0.29) is 0 Å². The van der Waals surface area contributed by atoms with Gasteiger partial charge in [0.1, 0.15) is 5.03 Å². The summed E-state index contributed by atoms with van der Waals surface area (Å²) in [5, 5.41) is 9.13. The molecule has 1 saturated heterocycles. The van der Waals surface area contributed by atoms with Crippen LogP contribution in [0.25, 0.3) is 0 Å². The van der Waals surface area contributed by atoms with Gasteiger partial charge in [0, 0.05) is 12.4 Å². The number of ether oxygens (including phenoxy) is 1. The highest BCUT2D eigenvalue weighted by atomic mass is 35.5. The first kappa shape index (κ1) is 11.2. The lowest BCUT2D eigenvalue weighted by molar-refractivity contribution is 0.0315. The number of nitrogens with zero attached hydrogens (tertiary/aromatic N) is 2. The van der Waals surface area contributed by atoms with Gasteiger partial charge in [-0.1, -0.05) is 11.6 Å². The zero-order valence-corrected chi connectivity index (χ0v) is 9.93. The lowest BCUT2D eigenvalue weighted by atomic mass is 10.1. The number of thioether (sulfide) groups is 1. The second-order valence-electron chi connectivity index (χ2n) is 3.49. The van der Waals surface area contributed by atoms with Crippen LogP contribution in [0.3, 0.4) is 0 Å². The Hall–Kier alpha value is -0.320.